The molecular formula is C22H26N2O3. The molecule has 5 nitrogen and oxygen atoms in total. The summed E-state index contributed by atoms with van der Waals surface area (Å²) < 4.78 is 5.90. The molecule has 1 fully saturated rings. The second-order valence-corrected chi connectivity index (χ2v) is 7.02. The van der Waals surface area contributed by atoms with Gasteiger partial charge in [-0.1, -0.05) is 30.3 Å². The lowest BCUT2D eigenvalue weighted by atomic mass is 10.1. The van der Waals surface area contributed by atoms with E-state index in [1.807, 2.05) is 49.1 Å². The topological polar surface area (TPSA) is 58.6 Å². The molecule has 1 atom stereocenters. The molecule has 0 aromatic heterocycles. The third-order valence-corrected chi connectivity index (χ3v) is 4.88. The number of aryl methyl sites for hydroxylation is 2. The lowest BCUT2D eigenvalue weighted by Gasteiger charge is -2.20. The summed E-state index contributed by atoms with van der Waals surface area (Å²) in [5.74, 6) is 0.410. The number of benzene rings is 2. The van der Waals surface area contributed by atoms with Gasteiger partial charge in [-0.2, -0.15) is 0 Å². The van der Waals surface area contributed by atoms with E-state index >= 15 is 0 Å². The van der Waals surface area contributed by atoms with Crippen molar-refractivity contribution in [2.24, 2.45) is 0 Å². The fourth-order valence-corrected chi connectivity index (χ4v) is 3.32. The molecular weight excluding hydrogens is 340 g/mol. The number of rotatable bonds is 5. The fraction of sp³-hybridized carbons (Fsp3) is 0.364. The van der Waals surface area contributed by atoms with Gasteiger partial charge in [0.15, 0.2) is 6.10 Å². The lowest BCUT2D eigenvalue weighted by molar-refractivity contribution is -0.122. The first kappa shape index (κ1) is 19.0. The molecule has 1 N–H and O–H groups in total. The smallest absolute Gasteiger partial charge is 0.265 e. The van der Waals surface area contributed by atoms with E-state index in [-0.39, 0.29) is 11.8 Å². The molecule has 0 unspecified atom stereocenters. The molecule has 1 saturated heterocycles. The van der Waals surface area contributed by atoms with Crippen LogP contribution in [0.25, 0.3) is 0 Å². The average Bonchev–Trinajstić information content (AvgIpc) is 3.19. The molecule has 27 heavy (non-hydrogen) atoms. The highest BCUT2D eigenvalue weighted by Crippen LogP contribution is 2.25. The van der Waals surface area contributed by atoms with Crippen LogP contribution in [-0.4, -0.2) is 35.9 Å². The van der Waals surface area contributed by atoms with Crippen LogP contribution in [0, 0.1) is 13.8 Å². The van der Waals surface area contributed by atoms with Crippen LogP contribution in [0.3, 0.4) is 0 Å². The molecule has 0 spiro atoms. The summed E-state index contributed by atoms with van der Waals surface area (Å²) in [4.78, 5) is 27.3. The number of para-hydroxylation sites is 2. The monoisotopic (exact) mass is 366 g/mol. The second kappa shape index (κ2) is 8.25. The van der Waals surface area contributed by atoms with E-state index in [0.29, 0.717) is 11.3 Å². The third-order valence-electron chi connectivity index (χ3n) is 4.88. The van der Waals surface area contributed by atoms with Gasteiger partial charge in [-0.3, -0.25) is 9.59 Å². The van der Waals surface area contributed by atoms with Crippen molar-refractivity contribution < 1.29 is 14.3 Å². The number of amides is 2. The van der Waals surface area contributed by atoms with Crippen molar-refractivity contribution in [3.8, 4) is 5.75 Å². The Morgan fingerprint density at radius 3 is 2.30 bits per heavy atom. The summed E-state index contributed by atoms with van der Waals surface area (Å²) >= 11 is 0. The van der Waals surface area contributed by atoms with Crippen molar-refractivity contribution in [3.05, 3.63) is 59.2 Å². The zero-order valence-corrected chi connectivity index (χ0v) is 16.1. The van der Waals surface area contributed by atoms with Crippen molar-refractivity contribution in [3.63, 3.8) is 0 Å². The minimum atomic E-state index is -0.681. The number of hydrogen-bond acceptors (Lipinski definition) is 3. The Kier molecular flexibility index (Phi) is 5.79. The van der Waals surface area contributed by atoms with Gasteiger partial charge >= 0.3 is 0 Å². The summed E-state index contributed by atoms with van der Waals surface area (Å²) in [6, 6.07) is 13.0. The van der Waals surface area contributed by atoms with Crippen LogP contribution in [0.5, 0.6) is 5.75 Å². The molecule has 2 aromatic rings. The Balaban J connectivity index is 1.73. The number of nitrogens with one attached hydrogen (secondary N) is 1. The molecule has 0 radical (unpaired) electrons. The Labute approximate surface area is 160 Å². The van der Waals surface area contributed by atoms with Crippen LogP contribution in [0.2, 0.25) is 0 Å². The van der Waals surface area contributed by atoms with E-state index in [2.05, 4.69) is 5.32 Å². The molecule has 1 aliphatic heterocycles. The molecule has 2 aromatic carbocycles. The number of hydrogen-bond donors (Lipinski definition) is 1. The first-order valence-electron chi connectivity index (χ1n) is 9.39. The van der Waals surface area contributed by atoms with Crippen LogP contribution in [0.4, 0.5) is 5.69 Å². The average molecular weight is 366 g/mol. The lowest BCUT2D eigenvalue weighted by Crippen LogP contribution is -2.32. The Hall–Kier alpha value is -2.82. The van der Waals surface area contributed by atoms with Gasteiger partial charge in [0.05, 0.1) is 11.3 Å². The predicted octanol–water partition coefficient (Wildman–Crippen LogP) is 3.95. The first-order chi connectivity index (χ1) is 13.0. The molecule has 2 amide bonds. The normalized spacial score (nSPS) is 14.7. The minimum Gasteiger partial charge on any atom is -0.480 e. The molecule has 1 aliphatic rings. The SMILES string of the molecule is Cc1cccc(C)c1O[C@H](C)C(=O)Nc1ccccc1C(=O)N1CCCC1. The Bertz CT molecular complexity index is 821. The number of nitrogens with zero attached hydrogens (tertiary/aromatic N) is 1. The maximum absolute atomic E-state index is 12.7. The summed E-state index contributed by atoms with van der Waals surface area (Å²) in [6.07, 6.45) is 1.38. The molecule has 0 aliphatic carbocycles. The van der Waals surface area contributed by atoms with Crippen molar-refractivity contribution in [1.29, 1.82) is 0 Å². The van der Waals surface area contributed by atoms with E-state index in [1.54, 1.807) is 19.1 Å². The summed E-state index contributed by atoms with van der Waals surface area (Å²) in [6.45, 7) is 7.17. The van der Waals surface area contributed by atoms with Gasteiger partial charge in [0, 0.05) is 13.1 Å². The minimum absolute atomic E-state index is 0.0354. The van der Waals surface area contributed by atoms with Gasteiger partial charge in [0.1, 0.15) is 5.75 Å². The van der Waals surface area contributed by atoms with Gasteiger partial charge in [0.2, 0.25) is 0 Å². The van der Waals surface area contributed by atoms with E-state index in [9.17, 15) is 9.59 Å². The third kappa shape index (κ3) is 4.30. The highest BCUT2D eigenvalue weighted by molar-refractivity contribution is 6.04. The van der Waals surface area contributed by atoms with E-state index in [4.69, 9.17) is 4.74 Å². The van der Waals surface area contributed by atoms with Gasteiger partial charge in [-0.25, -0.2) is 0 Å². The van der Waals surface area contributed by atoms with Gasteiger partial charge < -0.3 is 15.0 Å². The van der Waals surface area contributed by atoms with Crippen molar-refractivity contribution in [2.75, 3.05) is 18.4 Å². The molecule has 0 saturated carbocycles. The number of carbonyl (C=O) groups excluding carboxylic acids is 2. The number of ether oxygens (including phenoxy) is 1. The zero-order chi connectivity index (χ0) is 19.4. The highest BCUT2D eigenvalue weighted by atomic mass is 16.5. The maximum atomic E-state index is 12.7. The zero-order valence-electron chi connectivity index (χ0n) is 16.1. The van der Waals surface area contributed by atoms with Crippen molar-refractivity contribution >= 4 is 17.5 Å². The largest absolute Gasteiger partial charge is 0.480 e. The highest BCUT2D eigenvalue weighted by Gasteiger charge is 2.24. The molecule has 5 heteroatoms. The van der Waals surface area contributed by atoms with Gasteiger partial charge in [0.25, 0.3) is 11.8 Å². The van der Waals surface area contributed by atoms with E-state index < -0.39 is 6.10 Å². The van der Waals surface area contributed by atoms with Gasteiger partial charge in [-0.15, -0.1) is 0 Å². The quantitative estimate of drug-likeness (QED) is 0.872. The van der Waals surface area contributed by atoms with Crippen LogP contribution in [0.15, 0.2) is 42.5 Å². The van der Waals surface area contributed by atoms with Crippen molar-refractivity contribution in [2.45, 2.75) is 39.7 Å². The van der Waals surface area contributed by atoms with E-state index in [1.165, 1.54) is 0 Å². The molecule has 3 rings (SSSR count). The number of anilines is 1. The summed E-state index contributed by atoms with van der Waals surface area (Å²) in [7, 11) is 0. The van der Waals surface area contributed by atoms with Crippen LogP contribution < -0.4 is 10.1 Å². The molecule has 142 valence electrons. The maximum Gasteiger partial charge on any atom is 0.265 e. The van der Waals surface area contributed by atoms with Crippen LogP contribution in [0.1, 0.15) is 41.3 Å². The number of likely N-dealkylation sites (tertiary alicyclic amines) is 1. The Morgan fingerprint density at radius 1 is 1.00 bits per heavy atom. The second-order valence-electron chi connectivity index (χ2n) is 7.02. The summed E-state index contributed by atoms with van der Waals surface area (Å²) in [5, 5.41) is 2.86. The fourth-order valence-electron chi connectivity index (χ4n) is 3.32. The number of carbonyl (C=O) groups is 2. The standard InChI is InChI=1S/C22H26N2O3/c1-15-9-8-10-16(2)20(15)27-17(3)21(25)23-19-12-5-4-11-18(19)22(26)24-13-6-7-14-24/h4-5,8-12,17H,6-7,13-14H2,1-3H3,(H,23,25)/t17-/m1/s1. The van der Waals surface area contributed by atoms with E-state index in [0.717, 1.165) is 42.8 Å². The van der Waals surface area contributed by atoms with Gasteiger partial charge in [-0.05, 0) is 56.9 Å². The predicted molar refractivity (Wildman–Crippen MR) is 106 cm³/mol. The summed E-state index contributed by atoms with van der Waals surface area (Å²) in [5.41, 5.74) is 3.02. The van der Waals surface area contributed by atoms with Crippen molar-refractivity contribution in [1.82, 2.24) is 4.90 Å². The first-order valence-corrected chi connectivity index (χ1v) is 9.39. The molecule has 0 bridgehead atoms. The van der Waals surface area contributed by atoms with Crippen LogP contribution >= 0.6 is 0 Å². The molecule has 1 heterocycles. The van der Waals surface area contributed by atoms with Crippen LogP contribution in [-0.2, 0) is 4.79 Å². The Morgan fingerprint density at radius 2 is 1.63 bits per heavy atom.